The number of carboxylic acid groups (broad SMARTS) is 3. The Bertz CT molecular complexity index is 743. The number of nitrogens with one attached hydrogen (secondary N) is 2. The molecule has 0 fully saturated rings. The van der Waals surface area contributed by atoms with E-state index in [2.05, 4.69) is 15.4 Å². The van der Waals surface area contributed by atoms with Crippen molar-refractivity contribution in [2.24, 2.45) is 5.73 Å². The molecule has 0 aromatic carbocycles. The molecule has 0 saturated carbocycles. The summed E-state index contributed by atoms with van der Waals surface area (Å²) >= 11 is 0.758. The number of rotatable bonds is 16. The number of ether oxygens (including phenoxy) is 1. The molecule has 14 nitrogen and oxygen atoms in total. The molecule has 180 valence electrons. The molecule has 32 heavy (non-hydrogen) atoms. The third-order valence-corrected chi connectivity index (χ3v) is 4.69. The van der Waals surface area contributed by atoms with Crippen LogP contribution in [0.5, 0.6) is 0 Å². The van der Waals surface area contributed by atoms with Gasteiger partial charge in [-0.1, -0.05) is 0 Å². The molecule has 3 unspecified atom stereocenters. The van der Waals surface area contributed by atoms with Crippen LogP contribution in [0.25, 0.3) is 0 Å². The fraction of sp³-hybridized carbons (Fsp3) is 0.588. The number of thioether (sulfide) groups is 1. The summed E-state index contributed by atoms with van der Waals surface area (Å²) in [6, 6.07) is -4.57. The first-order chi connectivity index (χ1) is 14.9. The summed E-state index contributed by atoms with van der Waals surface area (Å²) in [6.45, 7) is 1.48. The molecule has 15 heteroatoms. The van der Waals surface area contributed by atoms with Crippen molar-refractivity contribution >= 4 is 53.2 Å². The van der Waals surface area contributed by atoms with E-state index >= 15 is 0 Å². The van der Waals surface area contributed by atoms with Crippen LogP contribution in [-0.2, 0) is 38.3 Å². The molecule has 7 N–H and O–H groups in total. The fourth-order valence-corrected chi connectivity index (χ4v) is 2.95. The molecule has 0 aliphatic carbocycles. The van der Waals surface area contributed by atoms with E-state index in [0.29, 0.717) is 0 Å². The molecule has 0 aliphatic rings. The van der Waals surface area contributed by atoms with Gasteiger partial charge < -0.3 is 36.4 Å². The zero-order valence-electron chi connectivity index (χ0n) is 17.1. The summed E-state index contributed by atoms with van der Waals surface area (Å²) in [6.07, 6.45) is -1.67. The molecule has 0 aromatic heterocycles. The Morgan fingerprint density at radius 1 is 0.969 bits per heavy atom. The number of aliphatic carboxylic acids is 3. The first-order valence-corrected chi connectivity index (χ1v) is 10.3. The topological polar surface area (TPSA) is 239 Å². The van der Waals surface area contributed by atoms with Gasteiger partial charge in [0.15, 0.2) is 0 Å². The minimum Gasteiger partial charge on any atom is -0.481 e. The van der Waals surface area contributed by atoms with Gasteiger partial charge in [0, 0.05) is 12.2 Å². The van der Waals surface area contributed by atoms with Crippen LogP contribution in [0.15, 0.2) is 0 Å². The number of carboxylic acids is 3. The second-order valence-electron chi connectivity index (χ2n) is 6.26. The van der Waals surface area contributed by atoms with Gasteiger partial charge in [-0.15, -0.1) is 0 Å². The third kappa shape index (κ3) is 11.8. The van der Waals surface area contributed by atoms with Gasteiger partial charge in [0.05, 0.1) is 18.8 Å². The number of hydrogen-bond donors (Lipinski definition) is 6. The van der Waals surface area contributed by atoms with Crippen LogP contribution in [0, 0.1) is 0 Å². The van der Waals surface area contributed by atoms with E-state index in [1.807, 2.05) is 0 Å². The molecular weight excluding hydrogens is 454 g/mol. The Labute approximate surface area is 186 Å². The number of Topliss-reactive ketones (excluding diaryl/α,β-unsaturated/α-hetero) is 1. The van der Waals surface area contributed by atoms with Crippen LogP contribution in [-0.4, -0.2) is 93.0 Å². The first kappa shape index (κ1) is 28.8. The van der Waals surface area contributed by atoms with Crippen LogP contribution < -0.4 is 16.4 Å². The Balaban J connectivity index is 5.21. The smallest absolute Gasteiger partial charge is 0.375 e. The summed E-state index contributed by atoms with van der Waals surface area (Å²) in [7, 11) is 0. The van der Waals surface area contributed by atoms with Crippen LogP contribution in [0.3, 0.4) is 0 Å². The van der Waals surface area contributed by atoms with Gasteiger partial charge >= 0.3 is 23.9 Å². The predicted molar refractivity (Wildman–Crippen MR) is 108 cm³/mol. The summed E-state index contributed by atoms with van der Waals surface area (Å²) in [5, 5.41) is 30.9. The van der Waals surface area contributed by atoms with Gasteiger partial charge in [0.25, 0.3) is 0 Å². The Hall–Kier alpha value is -3.20. The van der Waals surface area contributed by atoms with E-state index in [1.54, 1.807) is 0 Å². The lowest BCUT2D eigenvalue weighted by molar-refractivity contribution is -0.152. The van der Waals surface area contributed by atoms with Crippen LogP contribution >= 0.6 is 11.8 Å². The molecule has 0 spiro atoms. The second kappa shape index (κ2) is 14.7. The maximum Gasteiger partial charge on any atom is 0.375 e. The van der Waals surface area contributed by atoms with E-state index in [0.717, 1.165) is 11.8 Å². The summed E-state index contributed by atoms with van der Waals surface area (Å²) in [5.74, 6) is -8.91. The van der Waals surface area contributed by atoms with E-state index in [1.165, 1.54) is 6.92 Å². The van der Waals surface area contributed by atoms with Crippen molar-refractivity contribution in [2.75, 3.05) is 18.1 Å². The number of ketones is 1. The van der Waals surface area contributed by atoms with Crippen molar-refractivity contribution in [3.63, 3.8) is 0 Å². The predicted octanol–water partition coefficient (Wildman–Crippen LogP) is -2.43. The molecule has 3 atom stereocenters. The minimum absolute atomic E-state index is 0.0208. The maximum absolute atomic E-state index is 12.5. The SMILES string of the molecule is CCOC(=O)C(=O)CSCC(NC(=O)CC(N)C(=O)O)C(=O)NC(CCC(=O)O)C(=O)O. The largest absolute Gasteiger partial charge is 0.481 e. The second-order valence-corrected chi connectivity index (χ2v) is 7.29. The lowest BCUT2D eigenvalue weighted by atomic mass is 10.1. The highest BCUT2D eigenvalue weighted by Crippen LogP contribution is 2.07. The number of carbonyl (C=O) groups is 7. The number of hydrogen-bond acceptors (Lipinski definition) is 10. The molecule has 0 aromatic rings. The van der Waals surface area contributed by atoms with Crippen molar-refractivity contribution in [2.45, 2.75) is 44.3 Å². The van der Waals surface area contributed by atoms with E-state index in [-0.39, 0.29) is 12.4 Å². The molecular formula is C17H25N3O11S. The quantitative estimate of drug-likeness (QED) is 0.0998. The summed E-state index contributed by atoms with van der Waals surface area (Å²) in [4.78, 5) is 80.2. The molecule has 2 amide bonds. The zero-order chi connectivity index (χ0) is 24.8. The molecule has 0 heterocycles. The molecule has 0 bridgehead atoms. The number of nitrogens with two attached hydrogens (primary N) is 1. The Morgan fingerprint density at radius 2 is 1.59 bits per heavy atom. The highest BCUT2D eigenvalue weighted by molar-refractivity contribution is 8.00. The van der Waals surface area contributed by atoms with Crippen LogP contribution in [0.2, 0.25) is 0 Å². The maximum atomic E-state index is 12.5. The van der Waals surface area contributed by atoms with Gasteiger partial charge in [-0.2, -0.15) is 11.8 Å². The van der Waals surface area contributed by atoms with Crippen molar-refractivity contribution in [3.8, 4) is 0 Å². The zero-order valence-corrected chi connectivity index (χ0v) is 17.9. The Kier molecular flexibility index (Phi) is 13.3. The van der Waals surface area contributed by atoms with Crippen LogP contribution in [0.4, 0.5) is 0 Å². The van der Waals surface area contributed by atoms with Gasteiger partial charge in [0.1, 0.15) is 18.1 Å². The average Bonchev–Trinajstić information content (AvgIpc) is 2.69. The van der Waals surface area contributed by atoms with Gasteiger partial charge in [-0.05, 0) is 13.3 Å². The van der Waals surface area contributed by atoms with Gasteiger partial charge in [-0.25, -0.2) is 9.59 Å². The highest BCUT2D eigenvalue weighted by Gasteiger charge is 2.28. The van der Waals surface area contributed by atoms with Crippen molar-refractivity contribution in [1.29, 1.82) is 0 Å². The number of esters is 1. The minimum atomic E-state index is -1.58. The molecule has 0 rings (SSSR count). The third-order valence-electron chi connectivity index (χ3n) is 3.66. The van der Waals surface area contributed by atoms with E-state index < -0.39 is 84.6 Å². The van der Waals surface area contributed by atoms with E-state index in [4.69, 9.17) is 21.1 Å². The average molecular weight is 479 g/mol. The summed E-state index contributed by atoms with van der Waals surface area (Å²) in [5.41, 5.74) is 5.26. The molecule has 0 aliphatic heterocycles. The molecule has 0 radical (unpaired) electrons. The summed E-state index contributed by atoms with van der Waals surface area (Å²) < 4.78 is 4.53. The Morgan fingerprint density at radius 3 is 2.09 bits per heavy atom. The highest BCUT2D eigenvalue weighted by atomic mass is 32.2. The number of carbonyl (C=O) groups excluding carboxylic acids is 4. The van der Waals surface area contributed by atoms with Crippen molar-refractivity contribution in [3.05, 3.63) is 0 Å². The lowest BCUT2D eigenvalue weighted by Crippen LogP contribution is -2.53. The molecule has 0 saturated heterocycles. The number of amides is 2. The lowest BCUT2D eigenvalue weighted by Gasteiger charge is -2.21. The van der Waals surface area contributed by atoms with E-state index in [9.17, 15) is 33.6 Å². The monoisotopic (exact) mass is 479 g/mol. The van der Waals surface area contributed by atoms with Gasteiger partial charge in [-0.3, -0.25) is 24.0 Å². The first-order valence-electron chi connectivity index (χ1n) is 9.19. The van der Waals surface area contributed by atoms with Crippen LogP contribution in [0.1, 0.15) is 26.2 Å². The van der Waals surface area contributed by atoms with Crippen molar-refractivity contribution in [1.82, 2.24) is 10.6 Å². The fourth-order valence-electron chi connectivity index (χ4n) is 2.06. The normalized spacial score (nSPS) is 13.2. The van der Waals surface area contributed by atoms with Crippen molar-refractivity contribution < 1.29 is 53.6 Å². The standard InChI is InChI=1S/C17H25N3O11S/c1-2-31-17(30)11(21)7-32-6-10(19-12(22)5-8(18)15(26)27)14(25)20-9(16(28)29)3-4-13(23)24/h8-10H,2-7,18H2,1H3,(H,19,22)(H,20,25)(H,23,24)(H,26,27)(H,28,29). The van der Waals surface area contributed by atoms with Gasteiger partial charge in [0.2, 0.25) is 17.6 Å².